The molecule has 0 bridgehead atoms. The van der Waals surface area contributed by atoms with Gasteiger partial charge in [0.25, 0.3) is 0 Å². The molecule has 0 atom stereocenters. The largest absolute Gasteiger partial charge is 0.464 e. The Hall–Kier alpha value is -5.01. The van der Waals surface area contributed by atoms with Gasteiger partial charge in [-0.05, 0) is 48.5 Å². The van der Waals surface area contributed by atoms with Gasteiger partial charge in [-0.15, -0.1) is 0 Å². The van der Waals surface area contributed by atoms with E-state index in [9.17, 15) is 10.5 Å². The molecule has 152 valence electrons. The number of aliphatic imine (C=N–C) groups is 1. The van der Waals surface area contributed by atoms with Crippen LogP contribution in [0.3, 0.4) is 0 Å². The van der Waals surface area contributed by atoms with E-state index in [2.05, 4.69) is 17.1 Å². The van der Waals surface area contributed by atoms with Crippen molar-refractivity contribution >= 4 is 12.1 Å². The lowest BCUT2D eigenvalue weighted by Crippen LogP contribution is -1.81. The minimum absolute atomic E-state index is 0.0978. The summed E-state index contributed by atoms with van der Waals surface area (Å²) in [4.78, 5) is 4.34. The van der Waals surface area contributed by atoms with Crippen molar-refractivity contribution in [3.63, 3.8) is 0 Å². The Bertz CT molecular complexity index is 1490. The van der Waals surface area contributed by atoms with Crippen molar-refractivity contribution in [2.75, 3.05) is 0 Å². The maximum Gasteiger partial charge on any atom is 0.238 e. The van der Waals surface area contributed by atoms with E-state index in [1.807, 2.05) is 12.1 Å². The summed E-state index contributed by atoms with van der Waals surface area (Å²) < 4.78 is 22.7. The number of nitriles is 2. The van der Waals surface area contributed by atoms with Crippen LogP contribution in [0, 0.1) is 22.7 Å². The molecule has 0 unspecified atom stereocenters. The van der Waals surface area contributed by atoms with E-state index in [1.165, 1.54) is 18.7 Å². The molecule has 5 aromatic rings. The molecule has 0 spiro atoms. The Morgan fingerprint density at radius 3 is 2.25 bits per heavy atom. The molecule has 0 saturated carbocycles. The van der Waals surface area contributed by atoms with E-state index < -0.39 is 0 Å². The summed E-state index contributed by atoms with van der Waals surface area (Å²) in [6.45, 7) is 0. The Balaban J connectivity index is 1.54. The van der Waals surface area contributed by atoms with E-state index >= 15 is 0 Å². The topological polar surface area (TPSA) is 112 Å². The fraction of sp³-hybridized carbons (Fsp3) is 0. The molecule has 4 aromatic heterocycles. The van der Waals surface area contributed by atoms with Crippen molar-refractivity contribution in [1.29, 1.82) is 10.5 Å². The molecule has 0 aliphatic heterocycles. The van der Waals surface area contributed by atoms with Crippen LogP contribution in [-0.2, 0) is 0 Å². The monoisotopic (exact) mass is 419 g/mol. The number of hydrogen-bond acceptors (Lipinski definition) is 7. The number of benzene rings is 1. The van der Waals surface area contributed by atoms with Gasteiger partial charge in [-0.3, -0.25) is 0 Å². The predicted molar refractivity (Wildman–Crippen MR) is 115 cm³/mol. The van der Waals surface area contributed by atoms with E-state index in [0.717, 1.165) is 0 Å². The molecular weight excluding hydrogens is 406 g/mol. The third kappa shape index (κ3) is 3.30. The highest BCUT2D eigenvalue weighted by atomic mass is 16.4. The summed E-state index contributed by atoms with van der Waals surface area (Å²) >= 11 is 0. The highest BCUT2D eigenvalue weighted by Crippen LogP contribution is 2.42. The molecule has 32 heavy (non-hydrogen) atoms. The van der Waals surface area contributed by atoms with Crippen molar-refractivity contribution in [3.05, 3.63) is 90.1 Å². The molecule has 0 N–H and O–H groups in total. The fourth-order valence-electron chi connectivity index (χ4n) is 3.34. The van der Waals surface area contributed by atoms with Gasteiger partial charge in [0.1, 0.15) is 28.9 Å². The predicted octanol–water partition coefficient (Wildman–Crippen LogP) is 6.55. The second-order valence-electron chi connectivity index (χ2n) is 6.67. The van der Waals surface area contributed by atoms with E-state index in [0.29, 0.717) is 45.5 Å². The van der Waals surface area contributed by atoms with E-state index in [1.54, 1.807) is 48.5 Å². The average Bonchev–Trinajstić information content (AvgIpc) is 3.62. The summed E-state index contributed by atoms with van der Waals surface area (Å²) in [7, 11) is 0. The molecule has 4 heterocycles. The lowest BCUT2D eigenvalue weighted by molar-refractivity contribution is 0.527. The maximum absolute atomic E-state index is 9.81. The van der Waals surface area contributed by atoms with Crippen LogP contribution in [-0.4, -0.2) is 6.21 Å². The quantitative estimate of drug-likeness (QED) is 0.298. The molecule has 0 saturated heterocycles. The van der Waals surface area contributed by atoms with Crippen molar-refractivity contribution in [2.45, 2.75) is 0 Å². The van der Waals surface area contributed by atoms with Crippen LogP contribution in [0.1, 0.15) is 16.9 Å². The third-order valence-electron chi connectivity index (χ3n) is 4.76. The van der Waals surface area contributed by atoms with Crippen LogP contribution in [0.25, 0.3) is 34.2 Å². The highest BCUT2D eigenvalue weighted by molar-refractivity contribution is 5.87. The standard InChI is InChI=1S/C25H13N3O4/c26-13-16-5-1-2-6-18(16)20-10-9-17(31-20)15-28-25-19(14-27)23(21-7-3-11-29-21)24(32-25)22-8-4-12-30-22/h1-12,15H. The van der Waals surface area contributed by atoms with Crippen LogP contribution in [0.15, 0.2) is 95.9 Å². The van der Waals surface area contributed by atoms with Crippen LogP contribution in [0.5, 0.6) is 0 Å². The van der Waals surface area contributed by atoms with E-state index in [4.69, 9.17) is 17.7 Å². The van der Waals surface area contributed by atoms with Crippen LogP contribution in [0.4, 0.5) is 5.88 Å². The smallest absolute Gasteiger partial charge is 0.238 e. The normalized spacial score (nSPS) is 10.9. The zero-order valence-electron chi connectivity index (χ0n) is 16.5. The Kier molecular flexibility index (Phi) is 4.76. The lowest BCUT2D eigenvalue weighted by atomic mass is 10.1. The number of furan rings is 4. The average molecular weight is 419 g/mol. The van der Waals surface area contributed by atoms with Crippen molar-refractivity contribution in [2.24, 2.45) is 4.99 Å². The molecule has 7 nitrogen and oxygen atoms in total. The van der Waals surface area contributed by atoms with Crippen LogP contribution < -0.4 is 0 Å². The van der Waals surface area contributed by atoms with Crippen LogP contribution in [0.2, 0.25) is 0 Å². The third-order valence-corrected chi connectivity index (χ3v) is 4.76. The summed E-state index contributed by atoms with van der Waals surface area (Å²) in [5.41, 5.74) is 1.87. The van der Waals surface area contributed by atoms with Gasteiger partial charge in [0, 0.05) is 5.56 Å². The zero-order valence-corrected chi connectivity index (χ0v) is 16.5. The first-order chi connectivity index (χ1) is 15.8. The summed E-state index contributed by atoms with van der Waals surface area (Å²) in [6.07, 6.45) is 4.49. The van der Waals surface area contributed by atoms with Gasteiger partial charge >= 0.3 is 0 Å². The summed E-state index contributed by atoms with van der Waals surface area (Å²) in [5, 5.41) is 19.1. The molecule has 0 amide bonds. The van der Waals surface area contributed by atoms with Crippen LogP contribution >= 0.6 is 0 Å². The van der Waals surface area contributed by atoms with Gasteiger partial charge in [-0.25, -0.2) is 4.99 Å². The maximum atomic E-state index is 9.81. The Morgan fingerprint density at radius 1 is 0.750 bits per heavy atom. The first-order valence-electron chi connectivity index (χ1n) is 9.56. The minimum atomic E-state index is 0.0978. The SMILES string of the molecule is N#Cc1ccccc1-c1ccc(C=Nc2oc(-c3ccco3)c(-c3ccco3)c2C#N)o1. The number of hydrogen-bond donors (Lipinski definition) is 0. The van der Waals surface area contributed by atoms with Gasteiger partial charge in [0.15, 0.2) is 11.5 Å². The molecule has 0 radical (unpaired) electrons. The van der Waals surface area contributed by atoms with Crippen molar-refractivity contribution < 1.29 is 17.7 Å². The van der Waals surface area contributed by atoms with E-state index in [-0.39, 0.29) is 11.4 Å². The van der Waals surface area contributed by atoms with Crippen molar-refractivity contribution in [3.8, 4) is 46.3 Å². The second-order valence-corrected chi connectivity index (χ2v) is 6.67. The van der Waals surface area contributed by atoms with Gasteiger partial charge in [0.05, 0.1) is 35.9 Å². The first-order valence-corrected chi connectivity index (χ1v) is 9.56. The van der Waals surface area contributed by atoms with Crippen molar-refractivity contribution in [1.82, 2.24) is 0 Å². The molecule has 0 fully saturated rings. The van der Waals surface area contributed by atoms with Gasteiger partial charge in [-0.1, -0.05) is 12.1 Å². The van der Waals surface area contributed by atoms with Gasteiger partial charge in [0.2, 0.25) is 5.88 Å². The fourth-order valence-corrected chi connectivity index (χ4v) is 3.34. The molecule has 1 aromatic carbocycles. The zero-order chi connectivity index (χ0) is 21.9. The molecule has 0 aliphatic rings. The highest BCUT2D eigenvalue weighted by Gasteiger charge is 2.26. The number of nitrogens with zero attached hydrogens (tertiary/aromatic N) is 3. The molecule has 7 heteroatoms. The van der Waals surface area contributed by atoms with Gasteiger partial charge in [-0.2, -0.15) is 10.5 Å². The van der Waals surface area contributed by atoms with Gasteiger partial charge < -0.3 is 17.7 Å². The Morgan fingerprint density at radius 2 is 1.53 bits per heavy atom. The first kappa shape index (κ1) is 19.0. The Labute approximate surface area is 182 Å². The molecule has 0 aliphatic carbocycles. The molecular formula is C25H13N3O4. The number of rotatable bonds is 5. The molecule has 5 rings (SSSR count). The lowest BCUT2D eigenvalue weighted by Gasteiger charge is -1.98. The second kappa shape index (κ2) is 8.02. The minimum Gasteiger partial charge on any atom is -0.464 e. The summed E-state index contributed by atoms with van der Waals surface area (Å²) in [5.74, 6) is 2.33. The summed E-state index contributed by atoms with van der Waals surface area (Å²) in [6, 6.07) is 21.8.